The Hall–Kier alpha value is -3.25. The molecule has 1 aliphatic carbocycles. The third-order valence-electron chi connectivity index (χ3n) is 3.81. The number of ether oxygens (including phenoxy) is 1. The maximum Gasteiger partial charge on any atom is 0.229 e. The maximum atomic E-state index is 11.2. The summed E-state index contributed by atoms with van der Waals surface area (Å²) >= 11 is 5.96. The van der Waals surface area contributed by atoms with Gasteiger partial charge in [0.05, 0.1) is 18.5 Å². The highest BCUT2D eigenvalue weighted by atomic mass is 35.5. The summed E-state index contributed by atoms with van der Waals surface area (Å²) in [6.07, 6.45) is 6.87. The smallest absolute Gasteiger partial charge is 0.229 e. The molecule has 0 radical (unpaired) electrons. The molecule has 0 spiro atoms. The third-order valence-corrected chi connectivity index (χ3v) is 4.07. The minimum absolute atomic E-state index is 0.227. The van der Waals surface area contributed by atoms with Crippen LogP contribution in [0.25, 0.3) is 11.3 Å². The molecule has 1 aromatic carbocycles. The number of hydrogen-bond donors (Lipinski definition) is 2. The summed E-state index contributed by atoms with van der Waals surface area (Å²) in [5.74, 6) is 0.548. The summed E-state index contributed by atoms with van der Waals surface area (Å²) in [6.45, 7) is 1.40. The summed E-state index contributed by atoms with van der Waals surface area (Å²) < 4.78 is 5.57. The highest BCUT2D eigenvalue weighted by Gasteiger charge is 2.17. The van der Waals surface area contributed by atoms with Crippen LogP contribution in [0.3, 0.4) is 0 Å². The number of methoxy groups -OCH3 is 1. The second-order valence-corrected chi connectivity index (χ2v) is 6.18. The van der Waals surface area contributed by atoms with Crippen molar-refractivity contribution in [3.63, 3.8) is 0 Å². The first kappa shape index (κ1) is 18.5. The van der Waals surface area contributed by atoms with Crippen molar-refractivity contribution in [2.24, 2.45) is 0 Å². The molecule has 1 aliphatic rings. The first-order valence-electron chi connectivity index (χ1n) is 8.12. The van der Waals surface area contributed by atoms with Gasteiger partial charge in [0.1, 0.15) is 5.76 Å². The fourth-order valence-electron chi connectivity index (χ4n) is 2.61. The number of benzene rings is 1. The van der Waals surface area contributed by atoms with Crippen molar-refractivity contribution in [2.75, 3.05) is 12.4 Å². The van der Waals surface area contributed by atoms with Crippen molar-refractivity contribution in [1.82, 2.24) is 9.97 Å². The van der Waals surface area contributed by atoms with E-state index in [1.54, 1.807) is 43.7 Å². The van der Waals surface area contributed by atoms with Gasteiger partial charge in [0, 0.05) is 34.9 Å². The Labute approximate surface area is 161 Å². The number of nitrogens with zero attached hydrogens (tertiary/aromatic N) is 2. The van der Waals surface area contributed by atoms with Crippen LogP contribution in [0.5, 0.6) is 0 Å². The molecule has 1 amide bonds. The van der Waals surface area contributed by atoms with Crippen LogP contribution in [0.15, 0.2) is 60.3 Å². The fraction of sp³-hybridized carbons (Fsp3) is 0.100. The Morgan fingerprint density at radius 2 is 1.93 bits per heavy atom. The zero-order valence-electron chi connectivity index (χ0n) is 14.8. The molecule has 3 rings (SSSR count). The number of carbonyl (C=O) groups excluding carboxylic acids is 1. The number of rotatable bonds is 4. The average Bonchev–Trinajstić information content (AvgIpc) is 2.65. The lowest BCUT2D eigenvalue weighted by Gasteiger charge is -2.16. The van der Waals surface area contributed by atoms with Crippen LogP contribution in [-0.2, 0) is 9.53 Å². The van der Waals surface area contributed by atoms with Gasteiger partial charge in [0.15, 0.2) is 0 Å². The van der Waals surface area contributed by atoms with Crippen LogP contribution < -0.4 is 5.32 Å². The normalized spacial score (nSPS) is 15.2. The molecule has 27 heavy (non-hydrogen) atoms. The third kappa shape index (κ3) is 4.30. The molecule has 0 atom stereocenters. The van der Waals surface area contributed by atoms with Crippen molar-refractivity contribution in [3.05, 3.63) is 76.6 Å². The van der Waals surface area contributed by atoms with Crippen molar-refractivity contribution < 1.29 is 9.53 Å². The van der Waals surface area contributed by atoms with Gasteiger partial charge in [0.25, 0.3) is 0 Å². The first-order valence-corrected chi connectivity index (χ1v) is 8.49. The van der Waals surface area contributed by atoms with E-state index in [0.29, 0.717) is 27.8 Å². The Morgan fingerprint density at radius 3 is 2.59 bits per heavy atom. The molecule has 0 unspecified atom stereocenters. The van der Waals surface area contributed by atoms with E-state index in [1.165, 1.54) is 6.92 Å². The van der Waals surface area contributed by atoms with Gasteiger partial charge in [-0.1, -0.05) is 17.7 Å². The zero-order valence-corrected chi connectivity index (χ0v) is 15.5. The SMILES string of the molecule is CO/C(=C1/C=C(c2ccnc(NC(C)=O)n2)C=CC1=N)c1ccc(Cl)cc1. The molecule has 0 saturated heterocycles. The van der Waals surface area contributed by atoms with Crippen LogP contribution >= 0.6 is 11.6 Å². The first-order chi connectivity index (χ1) is 13.0. The topological polar surface area (TPSA) is 88.0 Å². The maximum absolute atomic E-state index is 11.2. The second-order valence-electron chi connectivity index (χ2n) is 5.75. The summed E-state index contributed by atoms with van der Waals surface area (Å²) in [4.78, 5) is 19.6. The summed E-state index contributed by atoms with van der Waals surface area (Å²) in [6, 6.07) is 8.96. The molecular formula is C20H17ClN4O2. The Bertz CT molecular complexity index is 991. The number of hydrogen-bond acceptors (Lipinski definition) is 5. The number of nitrogens with one attached hydrogen (secondary N) is 2. The number of anilines is 1. The van der Waals surface area contributed by atoms with Gasteiger partial charge in [-0.25, -0.2) is 9.97 Å². The van der Waals surface area contributed by atoms with E-state index in [9.17, 15) is 4.79 Å². The lowest BCUT2D eigenvalue weighted by molar-refractivity contribution is -0.114. The fourth-order valence-corrected chi connectivity index (χ4v) is 2.74. The number of halogens is 1. The quantitative estimate of drug-likeness (QED) is 0.781. The predicted molar refractivity (Wildman–Crippen MR) is 107 cm³/mol. The minimum Gasteiger partial charge on any atom is -0.495 e. The zero-order chi connectivity index (χ0) is 19.4. The van der Waals surface area contributed by atoms with E-state index in [2.05, 4.69) is 15.3 Å². The lowest BCUT2D eigenvalue weighted by atomic mass is 9.95. The molecule has 0 fully saturated rings. The van der Waals surface area contributed by atoms with Crippen molar-refractivity contribution in [3.8, 4) is 0 Å². The molecule has 6 nitrogen and oxygen atoms in total. The summed E-state index contributed by atoms with van der Waals surface area (Å²) in [5.41, 5.74) is 3.16. The molecule has 136 valence electrons. The van der Waals surface area contributed by atoms with E-state index in [0.717, 1.165) is 11.1 Å². The molecule has 7 heteroatoms. The van der Waals surface area contributed by atoms with Crippen LogP contribution in [-0.4, -0.2) is 28.7 Å². The average molecular weight is 381 g/mol. The molecule has 2 aromatic rings. The van der Waals surface area contributed by atoms with E-state index in [-0.39, 0.29) is 11.9 Å². The number of allylic oxidation sites excluding steroid dienone is 5. The predicted octanol–water partition coefficient (Wildman–Crippen LogP) is 4.12. The highest BCUT2D eigenvalue weighted by molar-refractivity contribution is 6.30. The van der Waals surface area contributed by atoms with Crippen LogP contribution in [0, 0.1) is 5.41 Å². The Morgan fingerprint density at radius 1 is 1.19 bits per heavy atom. The molecule has 0 bridgehead atoms. The van der Waals surface area contributed by atoms with E-state index in [4.69, 9.17) is 21.7 Å². The standard InChI is InChI=1S/C20H17ClN4O2/c1-12(26)24-20-23-10-9-18(25-20)14-5-8-17(22)16(11-14)19(27-2)13-3-6-15(21)7-4-13/h3-11,22H,1-2H3,(H,23,24,25,26)/b19-16-,22-17?. The van der Waals surface area contributed by atoms with Gasteiger partial charge >= 0.3 is 0 Å². The second kappa shape index (κ2) is 7.97. The van der Waals surface area contributed by atoms with Gasteiger partial charge in [-0.3, -0.25) is 10.1 Å². The van der Waals surface area contributed by atoms with E-state index >= 15 is 0 Å². The van der Waals surface area contributed by atoms with Gasteiger partial charge in [-0.05, 0) is 42.5 Å². The molecular weight excluding hydrogens is 364 g/mol. The van der Waals surface area contributed by atoms with Gasteiger partial charge in [0.2, 0.25) is 11.9 Å². The minimum atomic E-state index is -0.243. The van der Waals surface area contributed by atoms with Gasteiger partial charge in [-0.2, -0.15) is 0 Å². The molecule has 0 aliphatic heterocycles. The highest BCUT2D eigenvalue weighted by Crippen LogP contribution is 2.29. The van der Waals surface area contributed by atoms with Crippen molar-refractivity contribution in [1.29, 1.82) is 5.41 Å². The lowest BCUT2D eigenvalue weighted by Crippen LogP contribution is -2.10. The largest absolute Gasteiger partial charge is 0.495 e. The summed E-state index contributed by atoms with van der Waals surface area (Å²) in [5, 5.41) is 11.5. The molecule has 1 aromatic heterocycles. The van der Waals surface area contributed by atoms with Crippen molar-refractivity contribution >= 4 is 40.5 Å². The van der Waals surface area contributed by atoms with Crippen LogP contribution in [0.1, 0.15) is 18.2 Å². The summed E-state index contributed by atoms with van der Waals surface area (Å²) in [7, 11) is 1.57. The van der Waals surface area contributed by atoms with Crippen LogP contribution in [0.4, 0.5) is 5.95 Å². The van der Waals surface area contributed by atoms with E-state index in [1.807, 2.05) is 18.2 Å². The van der Waals surface area contributed by atoms with Crippen molar-refractivity contribution in [2.45, 2.75) is 6.92 Å². The monoisotopic (exact) mass is 380 g/mol. The molecule has 0 saturated carbocycles. The number of aromatic nitrogens is 2. The van der Waals surface area contributed by atoms with Gasteiger partial charge in [-0.15, -0.1) is 0 Å². The number of amides is 1. The molecule has 2 N–H and O–H groups in total. The van der Waals surface area contributed by atoms with E-state index < -0.39 is 0 Å². The Balaban J connectivity index is 2.05. The molecule has 1 heterocycles. The number of carbonyl (C=O) groups is 1. The van der Waals surface area contributed by atoms with Crippen LogP contribution in [0.2, 0.25) is 5.02 Å². The van der Waals surface area contributed by atoms with Gasteiger partial charge < -0.3 is 10.1 Å². The Kier molecular flexibility index (Phi) is 5.47.